The maximum atomic E-state index is 13.8. The highest BCUT2D eigenvalue weighted by atomic mass is 35.5. The maximum Gasteiger partial charge on any atom is 0.257 e. The summed E-state index contributed by atoms with van der Waals surface area (Å²) < 4.78 is 27.7. The molecule has 2 aromatic rings. The van der Waals surface area contributed by atoms with E-state index in [1.165, 1.54) is 11.0 Å². The summed E-state index contributed by atoms with van der Waals surface area (Å²) in [6.45, 7) is 3.80. The van der Waals surface area contributed by atoms with Crippen LogP contribution < -0.4 is 5.32 Å². The van der Waals surface area contributed by atoms with Crippen molar-refractivity contribution in [3.8, 4) is 0 Å². The van der Waals surface area contributed by atoms with E-state index in [-0.39, 0.29) is 11.8 Å². The molecule has 2 aromatic carbocycles. The van der Waals surface area contributed by atoms with Crippen LogP contribution in [0.5, 0.6) is 0 Å². The van der Waals surface area contributed by atoms with Crippen LogP contribution in [-0.4, -0.2) is 29.8 Å². The molecule has 2 amide bonds. The molecule has 1 unspecified atom stereocenters. The third kappa shape index (κ3) is 5.26. The van der Waals surface area contributed by atoms with Crippen LogP contribution in [0.1, 0.15) is 29.8 Å². The van der Waals surface area contributed by atoms with Crippen LogP contribution in [0.15, 0.2) is 42.5 Å². The zero-order valence-corrected chi connectivity index (χ0v) is 16.1. The van der Waals surface area contributed by atoms with Crippen molar-refractivity contribution < 1.29 is 18.4 Å². The number of rotatable bonds is 6. The van der Waals surface area contributed by atoms with Crippen molar-refractivity contribution in [3.63, 3.8) is 0 Å². The van der Waals surface area contributed by atoms with Crippen molar-refractivity contribution >= 4 is 23.4 Å². The molecule has 0 aliphatic heterocycles. The van der Waals surface area contributed by atoms with Crippen molar-refractivity contribution in [2.75, 3.05) is 7.05 Å². The molecule has 0 aliphatic rings. The predicted octanol–water partition coefficient (Wildman–Crippen LogP) is 4.03. The minimum Gasteiger partial charge on any atom is -0.340 e. The number of nitrogens with zero attached hydrogens (tertiary/aromatic N) is 1. The quantitative estimate of drug-likeness (QED) is 0.804. The smallest absolute Gasteiger partial charge is 0.257 e. The zero-order valence-electron chi connectivity index (χ0n) is 15.3. The molecular formula is C20H21ClF2N2O2. The molecule has 27 heavy (non-hydrogen) atoms. The van der Waals surface area contributed by atoms with Gasteiger partial charge in [0.25, 0.3) is 5.91 Å². The summed E-state index contributed by atoms with van der Waals surface area (Å²) >= 11 is 5.85. The van der Waals surface area contributed by atoms with E-state index >= 15 is 0 Å². The van der Waals surface area contributed by atoms with Gasteiger partial charge in [0.15, 0.2) is 0 Å². The van der Waals surface area contributed by atoms with E-state index in [0.29, 0.717) is 11.6 Å². The van der Waals surface area contributed by atoms with Crippen LogP contribution in [0.25, 0.3) is 0 Å². The number of nitrogens with one attached hydrogen (secondary N) is 1. The zero-order chi connectivity index (χ0) is 20.1. The summed E-state index contributed by atoms with van der Waals surface area (Å²) in [4.78, 5) is 26.6. The van der Waals surface area contributed by atoms with Gasteiger partial charge in [-0.3, -0.25) is 9.59 Å². The van der Waals surface area contributed by atoms with E-state index in [4.69, 9.17) is 11.6 Å². The van der Waals surface area contributed by atoms with Gasteiger partial charge in [-0.1, -0.05) is 43.6 Å². The highest BCUT2D eigenvalue weighted by Gasteiger charge is 2.29. The lowest BCUT2D eigenvalue weighted by molar-refractivity contribution is -0.133. The SMILES string of the molecule is CC(C)C(NC(=O)c1c(F)cccc1F)C(=O)N(C)Cc1ccc(Cl)cc1. The Balaban J connectivity index is 2.14. The summed E-state index contributed by atoms with van der Waals surface area (Å²) in [5, 5.41) is 3.05. The number of halogens is 3. The molecule has 0 bridgehead atoms. The van der Waals surface area contributed by atoms with E-state index in [2.05, 4.69) is 5.32 Å². The Bertz CT molecular complexity index is 805. The molecule has 0 fully saturated rings. The fourth-order valence-corrected chi connectivity index (χ4v) is 2.75. The van der Waals surface area contributed by atoms with E-state index in [1.54, 1.807) is 45.2 Å². The first-order chi connectivity index (χ1) is 12.7. The predicted molar refractivity (Wildman–Crippen MR) is 100 cm³/mol. The minimum atomic E-state index is -0.975. The molecule has 1 N–H and O–H groups in total. The number of amides is 2. The Morgan fingerprint density at radius 1 is 1.07 bits per heavy atom. The van der Waals surface area contributed by atoms with Gasteiger partial charge in [-0.2, -0.15) is 0 Å². The summed E-state index contributed by atoms with van der Waals surface area (Å²) in [6.07, 6.45) is 0. The van der Waals surface area contributed by atoms with Crippen LogP contribution in [-0.2, 0) is 11.3 Å². The van der Waals surface area contributed by atoms with Gasteiger partial charge in [0, 0.05) is 18.6 Å². The maximum absolute atomic E-state index is 13.8. The Morgan fingerprint density at radius 2 is 1.63 bits per heavy atom. The third-order valence-electron chi connectivity index (χ3n) is 4.12. The first kappa shape index (κ1) is 20.8. The topological polar surface area (TPSA) is 49.4 Å². The number of benzene rings is 2. The van der Waals surface area contributed by atoms with Gasteiger partial charge in [-0.25, -0.2) is 8.78 Å². The lowest BCUT2D eigenvalue weighted by Crippen LogP contribution is -2.50. The monoisotopic (exact) mass is 394 g/mol. The fourth-order valence-electron chi connectivity index (χ4n) is 2.62. The Kier molecular flexibility index (Phi) is 6.91. The number of likely N-dealkylation sites (N-methyl/N-ethyl adjacent to an activating group) is 1. The average molecular weight is 395 g/mol. The first-order valence-corrected chi connectivity index (χ1v) is 8.82. The van der Waals surface area contributed by atoms with E-state index in [0.717, 1.165) is 17.7 Å². The highest BCUT2D eigenvalue weighted by Crippen LogP contribution is 2.15. The van der Waals surface area contributed by atoms with Gasteiger partial charge >= 0.3 is 0 Å². The molecule has 144 valence electrons. The van der Waals surface area contributed by atoms with E-state index < -0.39 is 29.1 Å². The van der Waals surface area contributed by atoms with Gasteiger partial charge in [0.2, 0.25) is 5.91 Å². The van der Waals surface area contributed by atoms with Crippen molar-refractivity contribution in [2.45, 2.75) is 26.4 Å². The Morgan fingerprint density at radius 3 is 2.15 bits per heavy atom. The number of carbonyl (C=O) groups excluding carboxylic acids is 2. The molecule has 2 rings (SSSR count). The Hall–Kier alpha value is -2.47. The molecule has 1 atom stereocenters. The second-order valence-electron chi connectivity index (χ2n) is 6.61. The van der Waals surface area contributed by atoms with Crippen LogP contribution in [0.3, 0.4) is 0 Å². The molecule has 0 radical (unpaired) electrons. The lowest BCUT2D eigenvalue weighted by atomic mass is 10.0. The van der Waals surface area contributed by atoms with E-state index in [9.17, 15) is 18.4 Å². The summed E-state index contributed by atoms with van der Waals surface area (Å²) in [5.74, 6) is -3.54. The molecule has 7 heteroatoms. The Labute approximate surface area is 162 Å². The summed E-state index contributed by atoms with van der Waals surface area (Å²) in [7, 11) is 1.60. The van der Waals surface area contributed by atoms with Crippen LogP contribution in [0, 0.1) is 17.6 Å². The van der Waals surface area contributed by atoms with Crippen molar-refractivity contribution in [1.29, 1.82) is 0 Å². The van der Waals surface area contributed by atoms with Crippen molar-refractivity contribution in [3.05, 3.63) is 70.2 Å². The van der Waals surface area contributed by atoms with Crippen LogP contribution in [0.2, 0.25) is 5.02 Å². The van der Waals surface area contributed by atoms with Crippen LogP contribution >= 0.6 is 11.6 Å². The average Bonchev–Trinajstić information content (AvgIpc) is 2.60. The van der Waals surface area contributed by atoms with Gasteiger partial charge in [-0.15, -0.1) is 0 Å². The molecule has 4 nitrogen and oxygen atoms in total. The molecule has 0 spiro atoms. The third-order valence-corrected chi connectivity index (χ3v) is 4.37. The van der Waals surface area contributed by atoms with Crippen molar-refractivity contribution in [1.82, 2.24) is 10.2 Å². The molecule has 0 saturated heterocycles. The normalized spacial score (nSPS) is 12.0. The molecule has 0 aliphatic carbocycles. The minimum absolute atomic E-state index is 0.274. The fraction of sp³-hybridized carbons (Fsp3) is 0.300. The summed E-state index contributed by atoms with van der Waals surface area (Å²) in [5.41, 5.74) is 0.167. The molecule has 0 aromatic heterocycles. The molecule has 0 saturated carbocycles. The molecular weight excluding hydrogens is 374 g/mol. The van der Waals surface area contributed by atoms with Gasteiger partial charge in [0.1, 0.15) is 23.2 Å². The lowest BCUT2D eigenvalue weighted by Gasteiger charge is -2.27. The van der Waals surface area contributed by atoms with Crippen LogP contribution in [0.4, 0.5) is 8.78 Å². The van der Waals surface area contributed by atoms with Gasteiger partial charge in [-0.05, 0) is 35.7 Å². The second-order valence-corrected chi connectivity index (χ2v) is 7.05. The van der Waals surface area contributed by atoms with Gasteiger partial charge < -0.3 is 10.2 Å². The largest absolute Gasteiger partial charge is 0.340 e. The van der Waals surface area contributed by atoms with E-state index in [1.807, 2.05) is 0 Å². The number of hydrogen-bond acceptors (Lipinski definition) is 2. The highest BCUT2D eigenvalue weighted by molar-refractivity contribution is 6.30. The van der Waals surface area contributed by atoms with Crippen molar-refractivity contribution in [2.24, 2.45) is 5.92 Å². The second kappa shape index (κ2) is 8.95. The number of carbonyl (C=O) groups is 2. The molecule has 0 heterocycles. The summed E-state index contributed by atoms with van der Waals surface area (Å²) in [6, 6.07) is 9.28. The standard InChI is InChI=1S/C20H21ClF2N2O2/c1-12(2)18(24-19(26)17-15(22)5-4-6-16(17)23)20(27)25(3)11-13-7-9-14(21)10-8-13/h4-10,12,18H,11H2,1-3H3,(H,24,26). The first-order valence-electron chi connectivity index (χ1n) is 8.45. The number of hydrogen-bond donors (Lipinski definition) is 1. The van der Waals surface area contributed by atoms with Gasteiger partial charge in [0.05, 0.1) is 0 Å².